The Hall–Kier alpha value is -1.07. The van der Waals surface area contributed by atoms with Crippen molar-refractivity contribution in [3.63, 3.8) is 0 Å². The number of amides is 1. The van der Waals surface area contributed by atoms with Crippen LogP contribution in [-0.2, 0) is 24.2 Å². The highest BCUT2D eigenvalue weighted by Crippen LogP contribution is 2.28. The van der Waals surface area contributed by atoms with Gasteiger partial charge in [0.25, 0.3) is 0 Å². The summed E-state index contributed by atoms with van der Waals surface area (Å²) in [4.78, 5) is 18.8. The predicted molar refractivity (Wildman–Crippen MR) is 113 cm³/mol. The number of fused-ring (bicyclic) bond motifs is 1. The van der Waals surface area contributed by atoms with Gasteiger partial charge in [-0.25, -0.2) is 0 Å². The van der Waals surface area contributed by atoms with Crippen LogP contribution in [0.3, 0.4) is 0 Å². The van der Waals surface area contributed by atoms with E-state index in [0.29, 0.717) is 28.9 Å². The zero-order valence-corrected chi connectivity index (χ0v) is 17.6. The van der Waals surface area contributed by atoms with E-state index in [1.165, 1.54) is 12.0 Å². The Labute approximate surface area is 174 Å². The Kier molecular flexibility index (Phi) is 6.08. The van der Waals surface area contributed by atoms with Crippen LogP contribution in [0.2, 0.25) is 10.0 Å². The second-order valence-corrected chi connectivity index (χ2v) is 9.26. The van der Waals surface area contributed by atoms with Crippen molar-refractivity contribution in [2.45, 2.75) is 44.7 Å². The summed E-state index contributed by atoms with van der Waals surface area (Å²) in [5.74, 6) is 0.248. The van der Waals surface area contributed by atoms with Gasteiger partial charge in [-0.05, 0) is 60.4 Å². The quantitative estimate of drug-likeness (QED) is 0.688. The van der Waals surface area contributed by atoms with Crippen LogP contribution < -0.4 is 0 Å². The molecule has 0 bridgehead atoms. The lowest BCUT2D eigenvalue weighted by atomic mass is 9.99. The highest BCUT2D eigenvalue weighted by atomic mass is 35.5. The Bertz CT molecular complexity index is 814. The highest BCUT2D eigenvalue weighted by Gasteiger charge is 2.29. The summed E-state index contributed by atoms with van der Waals surface area (Å²) in [7, 11) is 0. The number of aryl methyl sites for hydroxylation is 1. The van der Waals surface area contributed by atoms with Crippen molar-refractivity contribution in [1.29, 1.82) is 0 Å². The molecule has 2 aromatic rings. The fourth-order valence-corrected chi connectivity index (χ4v) is 5.38. The van der Waals surface area contributed by atoms with Gasteiger partial charge in [-0.3, -0.25) is 9.69 Å². The molecule has 1 amide bonds. The fourth-order valence-electron chi connectivity index (χ4n) is 4.17. The average molecular weight is 423 g/mol. The maximum absolute atomic E-state index is 12.6. The minimum Gasteiger partial charge on any atom is -0.343 e. The summed E-state index contributed by atoms with van der Waals surface area (Å²) >= 11 is 13.9. The molecule has 0 unspecified atom stereocenters. The van der Waals surface area contributed by atoms with E-state index in [1.807, 2.05) is 28.4 Å². The zero-order chi connectivity index (χ0) is 18.8. The molecule has 144 valence electrons. The normalized spacial score (nSPS) is 18.5. The van der Waals surface area contributed by atoms with Crippen molar-refractivity contribution >= 4 is 40.4 Å². The minimum absolute atomic E-state index is 0.248. The Morgan fingerprint density at radius 3 is 2.70 bits per heavy atom. The van der Waals surface area contributed by atoms with Crippen molar-refractivity contribution in [2.75, 3.05) is 19.6 Å². The number of carbonyl (C=O) groups excluding carboxylic acids is 1. The third-order valence-electron chi connectivity index (χ3n) is 5.78. The maximum Gasteiger partial charge on any atom is 0.222 e. The highest BCUT2D eigenvalue weighted by molar-refractivity contribution is 7.10. The average Bonchev–Trinajstić information content (AvgIpc) is 3.16. The monoisotopic (exact) mass is 422 g/mol. The SMILES string of the molecule is O=C(CCc1ccc(Cl)c(Cl)c1)N1CCC(N2CCc3sccc3C2)CC1. The lowest BCUT2D eigenvalue weighted by molar-refractivity contribution is -0.132. The second-order valence-electron chi connectivity index (χ2n) is 7.45. The largest absolute Gasteiger partial charge is 0.343 e. The molecule has 0 radical (unpaired) electrons. The molecule has 0 saturated carbocycles. The number of thiophene rings is 1. The molecule has 4 rings (SSSR count). The van der Waals surface area contributed by atoms with Crippen LogP contribution in [-0.4, -0.2) is 41.4 Å². The van der Waals surface area contributed by atoms with Gasteiger partial charge in [-0.1, -0.05) is 29.3 Å². The molecule has 1 fully saturated rings. The summed E-state index contributed by atoms with van der Waals surface area (Å²) < 4.78 is 0. The van der Waals surface area contributed by atoms with E-state index in [-0.39, 0.29) is 5.91 Å². The number of nitrogens with zero attached hydrogens (tertiary/aromatic N) is 2. The molecule has 3 heterocycles. The van der Waals surface area contributed by atoms with Gasteiger partial charge in [-0.2, -0.15) is 0 Å². The molecule has 27 heavy (non-hydrogen) atoms. The number of hydrogen-bond acceptors (Lipinski definition) is 3. The van der Waals surface area contributed by atoms with Gasteiger partial charge in [-0.15, -0.1) is 11.3 Å². The van der Waals surface area contributed by atoms with Crippen molar-refractivity contribution in [1.82, 2.24) is 9.80 Å². The van der Waals surface area contributed by atoms with Gasteiger partial charge in [0.05, 0.1) is 10.0 Å². The molecule has 0 atom stereocenters. The number of halogens is 2. The van der Waals surface area contributed by atoms with E-state index in [9.17, 15) is 4.79 Å². The molecule has 0 N–H and O–H groups in total. The Morgan fingerprint density at radius 2 is 1.93 bits per heavy atom. The van der Waals surface area contributed by atoms with Crippen LogP contribution in [0, 0.1) is 0 Å². The van der Waals surface area contributed by atoms with Crippen molar-refractivity contribution in [3.05, 3.63) is 55.7 Å². The first kappa shape index (κ1) is 19.3. The third-order valence-corrected chi connectivity index (χ3v) is 7.54. The van der Waals surface area contributed by atoms with Gasteiger partial charge in [0.2, 0.25) is 5.91 Å². The molecule has 0 aliphatic carbocycles. The molecule has 1 saturated heterocycles. The fraction of sp³-hybridized carbons (Fsp3) is 0.476. The molecular weight excluding hydrogens is 399 g/mol. The van der Waals surface area contributed by atoms with Gasteiger partial charge in [0.15, 0.2) is 0 Å². The zero-order valence-electron chi connectivity index (χ0n) is 15.3. The third kappa shape index (κ3) is 4.51. The van der Waals surface area contributed by atoms with E-state index in [4.69, 9.17) is 23.2 Å². The number of piperidine rings is 1. The second kappa shape index (κ2) is 8.52. The van der Waals surface area contributed by atoms with Gasteiger partial charge in [0, 0.05) is 43.5 Å². The van der Waals surface area contributed by atoms with Crippen molar-refractivity contribution in [2.24, 2.45) is 0 Å². The molecule has 1 aromatic heterocycles. The molecule has 6 heteroatoms. The van der Waals surface area contributed by atoms with Gasteiger partial charge in [0.1, 0.15) is 0 Å². The lowest BCUT2D eigenvalue weighted by Crippen LogP contribution is -2.47. The van der Waals surface area contributed by atoms with E-state index in [2.05, 4.69) is 16.3 Å². The van der Waals surface area contributed by atoms with E-state index in [0.717, 1.165) is 44.6 Å². The topological polar surface area (TPSA) is 23.6 Å². The summed E-state index contributed by atoms with van der Waals surface area (Å²) in [6, 6.07) is 8.49. The number of likely N-dealkylation sites (tertiary alicyclic amines) is 1. The van der Waals surface area contributed by atoms with Crippen LogP contribution in [0.1, 0.15) is 35.3 Å². The molecule has 1 aromatic carbocycles. The predicted octanol–water partition coefficient (Wildman–Crippen LogP) is 5.04. The summed E-state index contributed by atoms with van der Waals surface area (Å²) in [5, 5.41) is 3.32. The molecule has 2 aliphatic rings. The first-order valence-electron chi connectivity index (χ1n) is 9.61. The van der Waals surface area contributed by atoms with E-state index in [1.54, 1.807) is 10.9 Å². The number of hydrogen-bond donors (Lipinski definition) is 0. The minimum atomic E-state index is 0.248. The van der Waals surface area contributed by atoms with Gasteiger partial charge >= 0.3 is 0 Å². The first-order chi connectivity index (χ1) is 13.1. The summed E-state index contributed by atoms with van der Waals surface area (Å²) in [6.45, 7) is 3.98. The van der Waals surface area contributed by atoms with Crippen LogP contribution in [0.5, 0.6) is 0 Å². The van der Waals surface area contributed by atoms with Crippen molar-refractivity contribution in [3.8, 4) is 0 Å². The smallest absolute Gasteiger partial charge is 0.222 e. The Balaban J connectivity index is 1.25. The van der Waals surface area contributed by atoms with E-state index < -0.39 is 0 Å². The van der Waals surface area contributed by atoms with Crippen molar-refractivity contribution < 1.29 is 4.79 Å². The molecule has 0 spiro atoms. The van der Waals surface area contributed by atoms with Crippen LogP contribution in [0.25, 0.3) is 0 Å². The Morgan fingerprint density at radius 1 is 1.11 bits per heavy atom. The number of carbonyl (C=O) groups is 1. The van der Waals surface area contributed by atoms with E-state index >= 15 is 0 Å². The van der Waals surface area contributed by atoms with Crippen LogP contribution >= 0.6 is 34.5 Å². The lowest BCUT2D eigenvalue weighted by Gasteiger charge is -2.40. The molecule has 2 aliphatic heterocycles. The van der Waals surface area contributed by atoms with Gasteiger partial charge < -0.3 is 4.90 Å². The van der Waals surface area contributed by atoms with Crippen LogP contribution in [0.15, 0.2) is 29.6 Å². The van der Waals surface area contributed by atoms with Crippen LogP contribution in [0.4, 0.5) is 0 Å². The standard InChI is InChI=1S/C21H24Cl2N2OS/c22-18-3-1-15(13-19(18)23)2-4-21(26)24-9-5-17(6-10-24)25-11-7-20-16(14-25)8-12-27-20/h1,3,8,12-13,17H,2,4-7,9-11,14H2. The maximum atomic E-state index is 12.6. The molecule has 3 nitrogen and oxygen atoms in total. The number of benzene rings is 1. The first-order valence-corrected chi connectivity index (χ1v) is 11.2. The summed E-state index contributed by atoms with van der Waals surface area (Å²) in [5.41, 5.74) is 2.57. The molecular formula is C21H24Cl2N2OS. The number of rotatable bonds is 4. The summed E-state index contributed by atoms with van der Waals surface area (Å²) in [6.07, 6.45) is 4.58.